The third-order valence-electron chi connectivity index (χ3n) is 1.11. The Balaban J connectivity index is 2.42. The monoisotopic (exact) mass is 208 g/mol. The fourth-order valence-electron chi connectivity index (χ4n) is 0.599. The minimum Gasteiger partial charge on any atom is -0.127 e. The van der Waals surface area contributed by atoms with Gasteiger partial charge in [0.1, 0.15) is 0 Å². The van der Waals surface area contributed by atoms with E-state index >= 15 is 0 Å². The molecule has 1 heteroatoms. The van der Waals surface area contributed by atoms with Crippen LogP contribution in [-0.2, 0) is 0 Å². The van der Waals surface area contributed by atoms with E-state index in [4.69, 9.17) is 0 Å². The highest BCUT2D eigenvalue weighted by molar-refractivity contribution is 14.2. The molecule has 0 saturated heterocycles. The summed E-state index contributed by atoms with van der Waals surface area (Å²) < 4.78 is 3.93. The van der Waals surface area contributed by atoms with E-state index in [1.165, 1.54) is 10.8 Å². The molecule has 0 radical (unpaired) electrons. The molecule has 0 aliphatic carbocycles. The van der Waals surface area contributed by atoms with E-state index in [-0.39, 0.29) is 0 Å². The summed E-state index contributed by atoms with van der Waals surface area (Å²) in [5.41, 5.74) is 0. The van der Waals surface area contributed by atoms with Crippen molar-refractivity contribution in [1.29, 1.82) is 0 Å². The smallest absolute Gasteiger partial charge is 0.000491 e. The highest BCUT2D eigenvalue weighted by Crippen LogP contribution is 2.17. The lowest BCUT2D eigenvalue weighted by molar-refractivity contribution is 0.870. The van der Waals surface area contributed by atoms with Crippen molar-refractivity contribution in [1.82, 2.24) is 0 Å². The molecule has 0 aromatic carbocycles. The molecule has 1 aliphatic heterocycles. The lowest BCUT2D eigenvalue weighted by Crippen LogP contribution is -1.88. The maximum atomic E-state index is 3.73. The highest BCUT2D eigenvalue weighted by Gasteiger charge is 2.02. The van der Waals surface area contributed by atoms with Crippen LogP contribution < -0.4 is 0 Å². The Labute approximate surface area is 54.4 Å². The Morgan fingerprint density at radius 3 is 3.00 bits per heavy atom. The van der Waals surface area contributed by atoms with Gasteiger partial charge in [-0.1, -0.05) is 6.08 Å². The number of hydrogen-bond acceptors (Lipinski definition) is 0. The predicted octanol–water partition coefficient (Wildman–Crippen LogP) is 1.97. The Morgan fingerprint density at radius 2 is 2.71 bits per heavy atom. The van der Waals surface area contributed by atoms with Crippen LogP contribution in [0.4, 0.5) is 0 Å². The minimum absolute atomic E-state index is 0.499. The molecule has 1 atom stereocenters. The van der Waals surface area contributed by atoms with E-state index in [1.54, 1.807) is 0 Å². The van der Waals surface area contributed by atoms with Gasteiger partial charge in [0.25, 0.3) is 0 Å². The van der Waals surface area contributed by atoms with Crippen LogP contribution >= 0.6 is 20.7 Å². The van der Waals surface area contributed by atoms with Crippen LogP contribution in [-0.4, -0.2) is 8.44 Å². The van der Waals surface area contributed by atoms with E-state index in [2.05, 4.69) is 16.7 Å². The first kappa shape index (κ1) is 5.48. The maximum Gasteiger partial charge on any atom is 0.000491 e. The molecular weight excluding hydrogens is 199 g/mol. The fourth-order valence-corrected chi connectivity index (χ4v) is 3.34. The van der Waals surface area contributed by atoms with E-state index in [0.29, 0.717) is 20.7 Å². The van der Waals surface area contributed by atoms with Gasteiger partial charge in [-0.25, -0.2) is 0 Å². The molecule has 0 N–H and O–H groups in total. The summed E-state index contributed by atoms with van der Waals surface area (Å²) in [7, 11) is 0. The maximum absolute atomic E-state index is 3.73. The number of alkyl halides is 1. The second kappa shape index (κ2) is 2.60. The van der Waals surface area contributed by atoms with E-state index < -0.39 is 0 Å². The van der Waals surface area contributed by atoms with Crippen molar-refractivity contribution in [2.75, 3.05) is 4.43 Å². The molecule has 1 heterocycles. The lowest BCUT2D eigenvalue weighted by Gasteiger charge is -1.91. The molecule has 40 valence electrons. The summed E-state index contributed by atoms with van der Waals surface area (Å²) in [5.74, 6) is 0.785. The van der Waals surface area contributed by atoms with Crippen molar-refractivity contribution < 1.29 is 0 Å². The van der Waals surface area contributed by atoms with Crippen molar-refractivity contribution in [3.8, 4) is 0 Å². The van der Waals surface area contributed by atoms with Gasteiger partial charge in [-0.15, -0.1) is 27.3 Å². The zero-order valence-corrected chi connectivity index (χ0v) is 6.39. The zero-order valence-electron chi connectivity index (χ0n) is 4.23. The van der Waals surface area contributed by atoms with Gasteiger partial charge in [0.2, 0.25) is 0 Å². The third kappa shape index (κ3) is 1.37. The summed E-state index contributed by atoms with van der Waals surface area (Å²) in [6.45, 7) is 3.73. The van der Waals surface area contributed by atoms with Gasteiger partial charge in [0, 0.05) is 5.92 Å². The van der Waals surface area contributed by atoms with Gasteiger partial charge in [0.15, 0.2) is 0 Å². The molecule has 0 amide bonds. The normalized spacial score (nSPS) is 29.4. The minimum atomic E-state index is 0.499. The van der Waals surface area contributed by atoms with Crippen LogP contribution in [0, 0.1) is 5.92 Å². The molecule has 1 unspecified atom stereocenters. The van der Waals surface area contributed by atoms with Crippen molar-refractivity contribution in [3.05, 3.63) is 12.7 Å². The summed E-state index contributed by atoms with van der Waals surface area (Å²) in [6.07, 6.45) is 3.45. The topological polar surface area (TPSA) is 0 Å². The van der Waals surface area contributed by atoms with E-state index in [9.17, 15) is 0 Å². The van der Waals surface area contributed by atoms with Crippen LogP contribution in [0.2, 0.25) is 0 Å². The quantitative estimate of drug-likeness (QED) is 0.351. The Bertz CT molecular complexity index is 94.4. The first-order valence-electron chi connectivity index (χ1n) is 2.47. The average molecular weight is 208 g/mol. The average Bonchev–Trinajstić information content (AvgIpc) is 2.14. The molecule has 1 rings (SSSR count). The summed E-state index contributed by atoms with van der Waals surface area (Å²) in [4.78, 5) is 0. The van der Waals surface area contributed by atoms with Crippen molar-refractivity contribution in [2.45, 2.75) is 6.42 Å². The van der Waals surface area contributed by atoms with Gasteiger partial charge in [0.05, 0.1) is 0 Å². The molecule has 7 heavy (non-hydrogen) atoms. The zero-order chi connectivity index (χ0) is 5.11. The van der Waals surface area contributed by atoms with Crippen molar-refractivity contribution in [3.63, 3.8) is 0 Å². The number of hydrogen-bond donors (Lipinski definition) is 0. The number of halogens is 1. The standard InChI is InChI=1S/C6H9I/c1-2-6-3-4-7-5-6/h2,5-6H,1,3-4H2. The molecule has 0 bridgehead atoms. The Hall–Kier alpha value is 0.340. The largest absolute Gasteiger partial charge is 0.127 e. The summed E-state index contributed by atoms with van der Waals surface area (Å²) in [6, 6.07) is 0. The van der Waals surface area contributed by atoms with E-state index in [0.717, 1.165) is 5.92 Å². The first-order valence-corrected chi connectivity index (χ1v) is 5.24. The van der Waals surface area contributed by atoms with Crippen molar-refractivity contribution in [2.24, 2.45) is 5.92 Å². The lowest BCUT2D eigenvalue weighted by atomic mass is 10.1. The molecule has 0 saturated carbocycles. The first-order chi connectivity index (χ1) is 3.43. The van der Waals surface area contributed by atoms with Gasteiger partial charge in [-0.3, -0.25) is 0 Å². The molecule has 0 aromatic heterocycles. The third-order valence-corrected chi connectivity index (χ3v) is 3.78. The predicted molar refractivity (Wildman–Crippen MR) is 43.3 cm³/mol. The molecular formula is C6H9I. The summed E-state index contributed by atoms with van der Waals surface area (Å²) >= 11 is 0.499. The molecule has 0 spiro atoms. The van der Waals surface area contributed by atoms with Gasteiger partial charge in [-0.2, -0.15) is 0 Å². The Kier molecular flexibility index (Phi) is 2.03. The van der Waals surface area contributed by atoms with Crippen LogP contribution in [0.3, 0.4) is 0 Å². The van der Waals surface area contributed by atoms with Crippen LogP contribution in [0.25, 0.3) is 0 Å². The molecule has 0 aromatic rings. The highest BCUT2D eigenvalue weighted by atomic mass is 127. The molecule has 1 aliphatic rings. The molecule has 0 nitrogen and oxygen atoms in total. The van der Waals surface area contributed by atoms with Crippen LogP contribution in [0.1, 0.15) is 6.42 Å². The van der Waals surface area contributed by atoms with E-state index in [1.807, 2.05) is 0 Å². The number of rotatable bonds is 1. The second-order valence-corrected chi connectivity index (χ2v) is 4.34. The second-order valence-electron chi connectivity index (χ2n) is 1.66. The van der Waals surface area contributed by atoms with Gasteiger partial charge >= 0.3 is 0 Å². The number of allylic oxidation sites excluding steroid dienone is 1. The SMILES string of the molecule is C=CC1C=ICC1. The fraction of sp³-hybridized carbons (Fsp3) is 0.500. The summed E-state index contributed by atoms with van der Waals surface area (Å²) in [5, 5.41) is 0. The van der Waals surface area contributed by atoms with Crippen molar-refractivity contribution >= 4 is 24.7 Å². The van der Waals surface area contributed by atoms with Gasteiger partial charge < -0.3 is 0 Å². The molecule has 0 fully saturated rings. The van der Waals surface area contributed by atoms with Gasteiger partial charge in [-0.05, 0) is 14.9 Å². The Morgan fingerprint density at radius 1 is 1.86 bits per heavy atom. The van der Waals surface area contributed by atoms with Crippen LogP contribution in [0.5, 0.6) is 0 Å². The van der Waals surface area contributed by atoms with Crippen LogP contribution in [0.15, 0.2) is 12.7 Å².